The molecule has 1 fully saturated rings. The predicted octanol–water partition coefficient (Wildman–Crippen LogP) is 1.83. The Hall–Kier alpha value is -2.37. The van der Waals surface area contributed by atoms with E-state index in [1.54, 1.807) is 12.3 Å². The van der Waals surface area contributed by atoms with Crippen LogP contribution in [-0.2, 0) is 16.0 Å². The number of hydrogen-bond donors (Lipinski definition) is 3. The Morgan fingerprint density at radius 3 is 2.81 bits per heavy atom. The van der Waals surface area contributed by atoms with E-state index in [2.05, 4.69) is 10.3 Å². The van der Waals surface area contributed by atoms with Crippen LogP contribution in [0.25, 0.3) is 10.9 Å². The number of aliphatic carboxylic acids is 1. The fourth-order valence-electron chi connectivity index (χ4n) is 2.43. The van der Waals surface area contributed by atoms with Gasteiger partial charge in [-0.3, -0.25) is 9.59 Å². The first-order valence-corrected chi connectivity index (χ1v) is 6.76. The Kier molecular flexibility index (Phi) is 3.16. The lowest BCUT2D eigenvalue weighted by molar-refractivity contribution is -0.143. The highest BCUT2D eigenvalue weighted by molar-refractivity contribution is 5.89. The summed E-state index contributed by atoms with van der Waals surface area (Å²) in [7, 11) is 0. The highest BCUT2D eigenvalue weighted by Crippen LogP contribution is 2.45. The molecule has 1 aliphatic carbocycles. The number of carbonyl (C=O) groups is 2. The second-order valence-corrected chi connectivity index (χ2v) is 5.54. The topological polar surface area (TPSA) is 82.2 Å². The molecule has 3 rings (SSSR count). The molecule has 1 aliphatic rings. The van der Waals surface area contributed by atoms with Crippen molar-refractivity contribution in [1.82, 2.24) is 10.3 Å². The molecule has 0 aliphatic heterocycles. The van der Waals surface area contributed by atoms with E-state index in [-0.39, 0.29) is 24.7 Å². The van der Waals surface area contributed by atoms with Gasteiger partial charge in [0.1, 0.15) is 5.82 Å². The van der Waals surface area contributed by atoms with E-state index in [4.69, 9.17) is 5.11 Å². The summed E-state index contributed by atoms with van der Waals surface area (Å²) >= 11 is 0. The molecular weight excluding hydrogens is 275 g/mol. The highest BCUT2D eigenvalue weighted by Gasteiger charge is 2.50. The van der Waals surface area contributed by atoms with Gasteiger partial charge in [-0.1, -0.05) is 0 Å². The molecule has 0 unspecified atom stereocenters. The zero-order valence-electron chi connectivity index (χ0n) is 11.3. The lowest BCUT2D eigenvalue weighted by Gasteiger charge is -2.10. The highest BCUT2D eigenvalue weighted by atomic mass is 19.1. The van der Waals surface area contributed by atoms with Gasteiger partial charge in [0.05, 0.1) is 11.8 Å². The van der Waals surface area contributed by atoms with Crippen molar-refractivity contribution in [1.29, 1.82) is 0 Å². The maximum atomic E-state index is 13.1. The van der Waals surface area contributed by atoms with Gasteiger partial charge in [-0.2, -0.15) is 0 Å². The molecular formula is C15H15FN2O3. The SMILES string of the molecule is O=C(Cc1c[nH]c2cc(F)ccc12)NCC1(C(=O)O)CC1. The molecule has 1 amide bonds. The minimum Gasteiger partial charge on any atom is -0.481 e. The number of fused-ring (bicyclic) bond motifs is 1. The van der Waals surface area contributed by atoms with Gasteiger partial charge < -0.3 is 15.4 Å². The van der Waals surface area contributed by atoms with E-state index in [0.717, 1.165) is 10.9 Å². The normalized spacial score (nSPS) is 15.9. The third-order valence-corrected chi connectivity index (χ3v) is 4.01. The number of amides is 1. The van der Waals surface area contributed by atoms with E-state index >= 15 is 0 Å². The molecule has 110 valence electrons. The second-order valence-electron chi connectivity index (χ2n) is 5.54. The number of aromatic nitrogens is 1. The first kappa shape index (κ1) is 13.6. The third-order valence-electron chi connectivity index (χ3n) is 4.01. The second kappa shape index (κ2) is 4.87. The molecule has 1 aromatic carbocycles. The summed E-state index contributed by atoms with van der Waals surface area (Å²) in [5.74, 6) is -1.42. The van der Waals surface area contributed by atoms with E-state index in [1.807, 2.05) is 0 Å². The smallest absolute Gasteiger partial charge is 0.311 e. The quantitative estimate of drug-likeness (QED) is 0.785. The Bertz CT molecular complexity index is 719. The minimum absolute atomic E-state index is 0.140. The first-order valence-electron chi connectivity index (χ1n) is 6.76. The average molecular weight is 290 g/mol. The van der Waals surface area contributed by atoms with Crippen LogP contribution in [0.1, 0.15) is 18.4 Å². The number of carbonyl (C=O) groups excluding carboxylic acids is 1. The maximum absolute atomic E-state index is 13.1. The summed E-state index contributed by atoms with van der Waals surface area (Å²) < 4.78 is 13.1. The van der Waals surface area contributed by atoms with Crippen LogP contribution in [0, 0.1) is 11.2 Å². The maximum Gasteiger partial charge on any atom is 0.311 e. The summed E-state index contributed by atoms with van der Waals surface area (Å²) in [6.07, 6.45) is 3.03. The standard InChI is InChI=1S/C15H15FN2O3/c16-10-1-2-11-9(7-17-12(11)6-10)5-13(19)18-8-15(3-4-15)14(20)21/h1-2,6-7,17H,3-5,8H2,(H,18,19)(H,20,21). The van der Waals surface area contributed by atoms with Gasteiger partial charge in [0.15, 0.2) is 0 Å². The lowest BCUT2D eigenvalue weighted by atomic mass is 10.1. The van der Waals surface area contributed by atoms with Crippen LogP contribution in [0.15, 0.2) is 24.4 Å². The lowest BCUT2D eigenvalue weighted by Crippen LogP contribution is -2.35. The van der Waals surface area contributed by atoms with Gasteiger partial charge in [-0.25, -0.2) is 4.39 Å². The van der Waals surface area contributed by atoms with Gasteiger partial charge >= 0.3 is 5.97 Å². The number of rotatable bonds is 5. The number of hydrogen-bond acceptors (Lipinski definition) is 2. The zero-order chi connectivity index (χ0) is 15.0. The number of benzene rings is 1. The first-order chi connectivity index (χ1) is 10.00. The van der Waals surface area contributed by atoms with Crippen molar-refractivity contribution in [3.63, 3.8) is 0 Å². The van der Waals surface area contributed by atoms with Crippen molar-refractivity contribution in [2.45, 2.75) is 19.3 Å². The number of carboxylic acids is 1. The molecule has 2 aromatic rings. The largest absolute Gasteiger partial charge is 0.481 e. The van der Waals surface area contributed by atoms with Crippen molar-refractivity contribution in [2.75, 3.05) is 6.54 Å². The van der Waals surface area contributed by atoms with E-state index in [0.29, 0.717) is 18.4 Å². The molecule has 0 saturated heterocycles. The van der Waals surface area contributed by atoms with Gasteiger partial charge in [0, 0.05) is 23.6 Å². The summed E-state index contributed by atoms with van der Waals surface area (Å²) in [6, 6.07) is 4.35. The zero-order valence-corrected chi connectivity index (χ0v) is 11.3. The fraction of sp³-hybridized carbons (Fsp3) is 0.333. The van der Waals surface area contributed by atoms with Crippen LogP contribution in [0.2, 0.25) is 0 Å². The summed E-state index contributed by atoms with van der Waals surface area (Å²) in [5.41, 5.74) is 0.642. The van der Waals surface area contributed by atoms with Crippen LogP contribution in [0.5, 0.6) is 0 Å². The average Bonchev–Trinajstić information content (AvgIpc) is 3.15. The number of nitrogens with one attached hydrogen (secondary N) is 2. The van der Waals surface area contributed by atoms with E-state index in [1.165, 1.54) is 12.1 Å². The molecule has 3 N–H and O–H groups in total. The van der Waals surface area contributed by atoms with E-state index < -0.39 is 11.4 Å². The Morgan fingerprint density at radius 2 is 2.14 bits per heavy atom. The van der Waals surface area contributed by atoms with Crippen molar-refractivity contribution in [3.8, 4) is 0 Å². The molecule has 5 nitrogen and oxygen atoms in total. The van der Waals surface area contributed by atoms with Crippen LogP contribution in [0.3, 0.4) is 0 Å². The molecule has 0 spiro atoms. The van der Waals surface area contributed by atoms with Gasteiger partial charge in [-0.05, 0) is 36.6 Å². The van der Waals surface area contributed by atoms with Gasteiger partial charge in [0.25, 0.3) is 0 Å². The monoisotopic (exact) mass is 290 g/mol. The molecule has 0 atom stereocenters. The predicted molar refractivity (Wildman–Crippen MR) is 74.3 cm³/mol. The summed E-state index contributed by atoms with van der Waals surface area (Å²) in [4.78, 5) is 25.9. The Labute approximate surface area is 120 Å². The summed E-state index contributed by atoms with van der Waals surface area (Å²) in [6.45, 7) is 0.165. The summed E-state index contributed by atoms with van der Waals surface area (Å²) in [5, 5.41) is 12.5. The molecule has 0 bridgehead atoms. The molecule has 6 heteroatoms. The molecule has 1 aromatic heterocycles. The molecule has 1 heterocycles. The van der Waals surface area contributed by atoms with E-state index in [9.17, 15) is 14.0 Å². The number of halogens is 1. The Balaban J connectivity index is 1.65. The van der Waals surface area contributed by atoms with Gasteiger partial charge in [-0.15, -0.1) is 0 Å². The van der Waals surface area contributed by atoms with Crippen LogP contribution in [-0.4, -0.2) is 28.5 Å². The number of H-pyrrole nitrogens is 1. The Morgan fingerprint density at radius 1 is 1.38 bits per heavy atom. The van der Waals surface area contributed by atoms with Crippen LogP contribution < -0.4 is 5.32 Å². The van der Waals surface area contributed by atoms with Crippen molar-refractivity contribution < 1.29 is 19.1 Å². The number of aromatic amines is 1. The van der Waals surface area contributed by atoms with Crippen molar-refractivity contribution >= 4 is 22.8 Å². The third kappa shape index (κ3) is 2.61. The fourth-order valence-corrected chi connectivity index (χ4v) is 2.43. The molecule has 1 saturated carbocycles. The van der Waals surface area contributed by atoms with Crippen molar-refractivity contribution in [2.24, 2.45) is 5.41 Å². The number of carboxylic acid groups (broad SMARTS) is 1. The van der Waals surface area contributed by atoms with Crippen LogP contribution >= 0.6 is 0 Å². The molecule has 21 heavy (non-hydrogen) atoms. The van der Waals surface area contributed by atoms with Crippen molar-refractivity contribution in [3.05, 3.63) is 35.8 Å². The van der Waals surface area contributed by atoms with Gasteiger partial charge in [0.2, 0.25) is 5.91 Å². The minimum atomic E-state index is -0.856. The molecule has 0 radical (unpaired) electrons. The van der Waals surface area contributed by atoms with Crippen LogP contribution in [0.4, 0.5) is 4.39 Å².